The van der Waals surface area contributed by atoms with Crippen molar-refractivity contribution in [2.24, 2.45) is 0 Å². The minimum atomic E-state index is -0.536. The van der Waals surface area contributed by atoms with Gasteiger partial charge in [-0.1, -0.05) is 42.5 Å². The molecule has 264 valence electrons. The normalized spacial score (nSPS) is 13.6. The number of ether oxygens (including phenoxy) is 2. The van der Waals surface area contributed by atoms with Crippen LogP contribution < -0.4 is 20.3 Å². The van der Waals surface area contributed by atoms with Gasteiger partial charge in [0.25, 0.3) is 5.91 Å². The van der Waals surface area contributed by atoms with E-state index in [0.29, 0.717) is 61.8 Å². The Balaban J connectivity index is 1.02. The maximum Gasteiger partial charge on any atom is 0.410 e. The molecular weight excluding hydrogens is 661 g/mol. The number of aryl methyl sites for hydroxylation is 3. The number of nitrogens with zero attached hydrogens (tertiary/aromatic N) is 5. The van der Waals surface area contributed by atoms with Crippen molar-refractivity contribution >= 4 is 29.2 Å². The van der Waals surface area contributed by atoms with Crippen molar-refractivity contribution in [2.75, 3.05) is 43.5 Å². The van der Waals surface area contributed by atoms with Crippen LogP contribution in [0, 0.1) is 24.1 Å². The molecule has 11 nitrogen and oxygen atoms in total. The summed E-state index contributed by atoms with van der Waals surface area (Å²) in [6.07, 6.45) is 0.337. The van der Waals surface area contributed by atoms with Gasteiger partial charge in [0.15, 0.2) is 0 Å². The molecule has 0 atom stereocenters. The first-order valence-electron chi connectivity index (χ1n) is 17.1. The molecule has 0 spiro atoms. The second kappa shape index (κ2) is 14.9. The highest BCUT2D eigenvalue weighted by Gasteiger charge is 2.27. The molecule has 3 heterocycles. The SMILES string of the molecule is COc1ccccc1C(=O)NCc1cc(F)c(-c2nn3c(c2C#N)Nc2ccc(N4CCN(C(=O)OCc5ccccc5)CC4)cc2CC3)cc1C. The minimum Gasteiger partial charge on any atom is -0.496 e. The van der Waals surface area contributed by atoms with Crippen LogP contribution in [0.15, 0.2) is 84.9 Å². The van der Waals surface area contributed by atoms with Gasteiger partial charge in [-0.05, 0) is 78.1 Å². The summed E-state index contributed by atoms with van der Waals surface area (Å²) < 4.78 is 28.3. The van der Waals surface area contributed by atoms with Gasteiger partial charge in [-0.3, -0.25) is 4.79 Å². The Morgan fingerprint density at radius 1 is 0.981 bits per heavy atom. The van der Waals surface area contributed by atoms with Gasteiger partial charge in [0.1, 0.15) is 41.3 Å². The predicted molar refractivity (Wildman–Crippen MR) is 195 cm³/mol. The van der Waals surface area contributed by atoms with Crippen molar-refractivity contribution in [3.05, 3.63) is 124 Å². The average molecular weight is 700 g/mol. The maximum absolute atomic E-state index is 15.7. The monoisotopic (exact) mass is 699 g/mol. The molecule has 0 unspecified atom stereocenters. The van der Waals surface area contributed by atoms with Crippen LogP contribution in [0.3, 0.4) is 0 Å². The van der Waals surface area contributed by atoms with Crippen molar-refractivity contribution in [2.45, 2.75) is 33.0 Å². The van der Waals surface area contributed by atoms with E-state index in [1.54, 1.807) is 39.9 Å². The number of methoxy groups -OCH3 is 1. The lowest BCUT2D eigenvalue weighted by molar-refractivity contribution is 0.0937. The Labute approximate surface area is 301 Å². The number of amides is 2. The van der Waals surface area contributed by atoms with Crippen molar-refractivity contribution in [1.29, 1.82) is 5.26 Å². The van der Waals surface area contributed by atoms with Gasteiger partial charge in [0.05, 0.1) is 12.7 Å². The fourth-order valence-corrected chi connectivity index (χ4v) is 6.66. The number of carbonyl (C=O) groups excluding carboxylic acids is 2. The number of benzene rings is 4. The number of rotatable bonds is 8. The molecule has 12 heteroatoms. The van der Waals surface area contributed by atoms with Crippen LogP contribution in [0.25, 0.3) is 11.3 Å². The van der Waals surface area contributed by atoms with Crippen molar-refractivity contribution in [1.82, 2.24) is 20.0 Å². The third kappa shape index (κ3) is 6.98. The van der Waals surface area contributed by atoms with Crippen LogP contribution in [0.5, 0.6) is 5.75 Å². The van der Waals surface area contributed by atoms with Crippen LogP contribution in [0.4, 0.5) is 26.4 Å². The van der Waals surface area contributed by atoms with Crippen molar-refractivity contribution < 1.29 is 23.5 Å². The highest BCUT2D eigenvalue weighted by molar-refractivity contribution is 5.96. The lowest BCUT2D eigenvalue weighted by Crippen LogP contribution is -2.49. The van der Waals surface area contributed by atoms with Crippen LogP contribution >= 0.6 is 0 Å². The number of halogens is 1. The summed E-state index contributed by atoms with van der Waals surface area (Å²) >= 11 is 0. The number of hydrogen-bond donors (Lipinski definition) is 2. The van der Waals surface area contributed by atoms with Crippen LogP contribution in [0.1, 0.15) is 38.2 Å². The smallest absolute Gasteiger partial charge is 0.410 e. The number of nitrogens with one attached hydrogen (secondary N) is 2. The van der Waals surface area contributed by atoms with Gasteiger partial charge in [-0.15, -0.1) is 0 Å². The van der Waals surface area contributed by atoms with Crippen molar-refractivity contribution in [3.63, 3.8) is 0 Å². The fourth-order valence-electron chi connectivity index (χ4n) is 6.66. The molecule has 0 aliphatic carbocycles. The first-order chi connectivity index (χ1) is 25.3. The number of anilines is 3. The zero-order valence-corrected chi connectivity index (χ0v) is 29.0. The molecule has 1 aromatic heterocycles. The number of carbonyl (C=O) groups is 2. The van der Waals surface area contributed by atoms with Gasteiger partial charge in [0, 0.05) is 56.2 Å². The van der Waals surface area contributed by atoms with Crippen molar-refractivity contribution in [3.8, 4) is 23.1 Å². The number of fused-ring (bicyclic) bond motifs is 2. The summed E-state index contributed by atoms with van der Waals surface area (Å²) in [6.45, 7) is 5.15. The number of nitriles is 1. The number of aromatic nitrogens is 2. The summed E-state index contributed by atoms with van der Waals surface area (Å²) in [7, 11) is 1.50. The van der Waals surface area contributed by atoms with E-state index in [1.165, 1.54) is 13.2 Å². The van der Waals surface area contributed by atoms with Crippen LogP contribution in [0.2, 0.25) is 0 Å². The minimum absolute atomic E-state index is 0.113. The largest absolute Gasteiger partial charge is 0.496 e. The van der Waals surface area contributed by atoms with E-state index in [1.807, 2.05) is 49.4 Å². The Morgan fingerprint density at radius 3 is 2.52 bits per heavy atom. The summed E-state index contributed by atoms with van der Waals surface area (Å²) in [5, 5.41) is 21.2. The Kier molecular flexibility index (Phi) is 9.75. The summed E-state index contributed by atoms with van der Waals surface area (Å²) in [4.78, 5) is 29.5. The van der Waals surface area contributed by atoms with Gasteiger partial charge in [0.2, 0.25) is 0 Å². The molecule has 1 saturated heterocycles. The van der Waals surface area contributed by atoms with Crippen LogP contribution in [-0.2, 0) is 30.9 Å². The molecule has 2 amide bonds. The number of hydrogen-bond acceptors (Lipinski definition) is 8. The first-order valence-corrected chi connectivity index (χ1v) is 17.1. The molecule has 0 bridgehead atoms. The molecule has 1 fully saturated rings. The Hall–Kier alpha value is -6.35. The molecular formula is C40H38FN7O4. The van der Waals surface area contributed by atoms with Gasteiger partial charge in [-0.25, -0.2) is 13.9 Å². The third-order valence-electron chi connectivity index (χ3n) is 9.58. The Morgan fingerprint density at radius 2 is 1.75 bits per heavy atom. The number of piperazine rings is 1. The second-order valence-corrected chi connectivity index (χ2v) is 12.8. The zero-order valence-electron chi connectivity index (χ0n) is 29.0. The lowest BCUT2D eigenvalue weighted by Gasteiger charge is -2.35. The second-order valence-electron chi connectivity index (χ2n) is 12.8. The lowest BCUT2D eigenvalue weighted by atomic mass is 10.00. The molecule has 0 saturated carbocycles. The molecule has 5 aromatic rings. The van der Waals surface area contributed by atoms with E-state index in [9.17, 15) is 14.9 Å². The Bertz CT molecular complexity index is 2170. The molecule has 52 heavy (non-hydrogen) atoms. The highest BCUT2D eigenvalue weighted by atomic mass is 19.1. The molecule has 0 radical (unpaired) electrons. The topological polar surface area (TPSA) is 125 Å². The zero-order chi connectivity index (χ0) is 36.2. The van der Waals surface area contributed by atoms with E-state index in [4.69, 9.17) is 14.6 Å². The van der Waals surface area contributed by atoms with E-state index in [-0.39, 0.29) is 42.0 Å². The quantitative estimate of drug-likeness (QED) is 0.187. The predicted octanol–water partition coefficient (Wildman–Crippen LogP) is 6.57. The van der Waals surface area contributed by atoms with Gasteiger partial charge < -0.3 is 29.9 Å². The molecule has 2 aliphatic heterocycles. The molecule has 7 rings (SSSR count). The summed E-state index contributed by atoms with van der Waals surface area (Å²) in [5.41, 5.74) is 6.40. The van der Waals surface area contributed by atoms with Crippen LogP contribution in [-0.4, -0.2) is 60.0 Å². The van der Waals surface area contributed by atoms with Gasteiger partial charge >= 0.3 is 6.09 Å². The molecule has 2 aliphatic rings. The molecule has 4 aromatic carbocycles. The number of para-hydroxylation sites is 1. The fraction of sp³-hybridized carbons (Fsp3) is 0.250. The maximum atomic E-state index is 15.7. The standard InChI is InChI=1S/C40H38FN7O4/c1-26-20-32(34(41)22-29(26)24-43-39(49)31-10-6-7-11-36(31)51-2)37-33(23-42)38-44-35-13-12-30(21-28(35)14-15-48(38)45-37)46-16-18-47(19-17-46)40(50)52-25-27-8-4-3-5-9-27/h3-13,20-22,44H,14-19,24-25H2,1-2H3,(H,43,49). The van der Waals surface area contributed by atoms with E-state index in [2.05, 4.69) is 27.7 Å². The average Bonchev–Trinajstić information content (AvgIpc) is 3.42. The highest BCUT2D eigenvalue weighted by Crippen LogP contribution is 2.37. The van der Waals surface area contributed by atoms with Gasteiger partial charge in [-0.2, -0.15) is 10.4 Å². The van der Waals surface area contributed by atoms with E-state index in [0.717, 1.165) is 28.1 Å². The molecule has 2 N–H and O–H groups in total. The summed E-state index contributed by atoms with van der Waals surface area (Å²) in [6, 6.07) is 28.0. The third-order valence-corrected chi connectivity index (χ3v) is 9.58. The van der Waals surface area contributed by atoms with E-state index < -0.39 is 5.82 Å². The first kappa shape index (κ1) is 34.1. The van der Waals surface area contributed by atoms with E-state index >= 15 is 4.39 Å². The summed E-state index contributed by atoms with van der Waals surface area (Å²) in [5.74, 6) is 0.0968.